The van der Waals surface area contributed by atoms with Crippen LogP contribution in [-0.4, -0.2) is 6.71 Å². The molecular weight excluding hydrogens is 751 g/mol. The third-order valence-electron chi connectivity index (χ3n) is 13.5. The molecule has 1 aromatic heterocycles. The van der Waals surface area contributed by atoms with E-state index < -0.39 is 0 Å². The summed E-state index contributed by atoms with van der Waals surface area (Å²) in [7, 11) is 0. The third-order valence-corrected chi connectivity index (χ3v) is 13.5. The molecule has 12 aromatic rings. The number of benzene rings is 11. The zero-order valence-corrected chi connectivity index (χ0v) is 33.6. The molecule has 0 atom stereocenters. The largest absolute Gasteiger partial charge is 0.456 e. The molecule has 0 saturated carbocycles. The van der Waals surface area contributed by atoms with Crippen molar-refractivity contribution in [3.63, 3.8) is 0 Å². The average Bonchev–Trinajstić information content (AvgIpc) is 3.71. The van der Waals surface area contributed by atoms with Crippen LogP contribution in [-0.2, 0) is 0 Å². The zero-order chi connectivity index (χ0) is 40.5. The van der Waals surface area contributed by atoms with Gasteiger partial charge in [-0.05, 0) is 137 Å². The summed E-state index contributed by atoms with van der Waals surface area (Å²) < 4.78 is 6.34. The SMILES string of the molecule is c1ccc(N2c3cc4ccc5ccccc5c4cc3B3c4cc5c(ccc6ccccc65)cc4N(c4ccccc4)c4cc(-c5ccc6oc7ccccc7c6c5)cc2c43)cc1. The summed E-state index contributed by atoms with van der Waals surface area (Å²) in [4.78, 5) is 5.05. The first kappa shape index (κ1) is 33.7. The number of anilines is 6. The van der Waals surface area contributed by atoms with Gasteiger partial charge in [-0.3, -0.25) is 0 Å². The molecule has 2 aliphatic rings. The predicted molar refractivity (Wildman–Crippen MR) is 263 cm³/mol. The molecule has 286 valence electrons. The molecule has 4 heteroatoms. The molecule has 0 aliphatic carbocycles. The smallest absolute Gasteiger partial charge is 0.252 e. The number of rotatable bonds is 3. The van der Waals surface area contributed by atoms with E-state index in [9.17, 15) is 0 Å². The molecule has 0 saturated heterocycles. The minimum absolute atomic E-state index is 0.0500. The minimum Gasteiger partial charge on any atom is -0.456 e. The summed E-state index contributed by atoms with van der Waals surface area (Å²) in [5, 5.41) is 12.3. The van der Waals surface area contributed by atoms with Gasteiger partial charge < -0.3 is 14.2 Å². The average molecular weight is 787 g/mol. The minimum atomic E-state index is -0.0500. The number of nitrogens with zero attached hydrogens (tertiary/aromatic N) is 2. The van der Waals surface area contributed by atoms with E-state index in [4.69, 9.17) is 4.42 Å². The first-order valence-electron chi connectivity index (χ1n) is 21.4. The molecule has 0 amide bonds. The Morgan fingerprint density at radius 1 is 0.306 bits per heavy atom. The Bertz CT molecular complexity index is 3650. The number of hydrogen-bond acceptors (Lipinski definition) is 3. The van der Waals surface area contributed by atoms with Gasteiger partial charge in [0.05, 0.1) is 0 Å². The monoisotopic (exact) mass is 786 g/mol. The lowest BCUT2D eigenvalue weighted by molar-refractivity contribution is 0.669. The van der Waals surface area contributed by atoms with Gasteiger partial charge in [0, 0.05) is 44.9 Å². The van der Waals surface area contributed by atoms with Gasteiger partial charge in [0.1, 0.15) is 11.2 Å². The molecule has 0 fully saturated rings. The summed E-state index contributed by atoms with van der Waals surface area (Å²) in [5.41, 5.74) is 15.0. The lowest BCUT2D eigenvalue weighted by atomic mass is 9.33. The Morgan fingerprint density at radius 2 is 0.790 bits per heavy atom. The van der Waals surface area contributed by atoms with E-state index in [1.54, 1.807) is 0 Å². The van der Waals surface area contributed by atoms with E-state index in [0.717, 1.165) is 44.4 Å². The van der Waals surface area contributed by atoms with Crippen LogP contribution in [0.3, 0.4) is 0 Å². The third kappa shape index (κ3) is 4.78. The highest BCUT2D eigenvalue weighted by atomic mass is 16.3. The predicted octanol–water partition coefficient (Wildman–Crippen LogP) is 13.9. The number of fused-ring (bicyclic) bond motifs is 13. The maximum Gasteiger partial charge on any atom is 0.252 e. The van der Waals surface area contributed by atoms with Crippen LogP contribution in [0.5, 0.6) is 0 Å². The van der Waals surface area contributed by atoms with Crippen LogP contribution >= 0.6 is 0 Å². The van der Waals surface area contributed by atoms with E-state index in [-0.39, 0.29) is 6.71 Å². The van der Waals surface area contributed by atoms with Crippen LogP contribution in [0.1, 0.15) is 0 Å². The fourth-order valence-corrected chi connectivity index (χ4v) is 10.8. The van der Waals surface area contributed by atoms with E-state index in [2.05, 4.69) is 216 Å². The second-order valence-corrected chi connectivity index (χ2v) is 16.8. The van der Waals surface area contributed by atoms with Gasteiger partial charge in [0.15, 0.2) is 0 Å². The Morgan fingerprint density at radius 3 is 1.37 bits per heavy atom. The highest BCUT2D eigenvalue weighted by Gasteiger charge is 2.44. The second kappa shape index (κ2) is 12.7. The van der Waals surface area contributed by atoms with Gasteiger partial charge in [0.2, 0.25) is 0 Å². The van der Waals surface area contributed by atoms with E-state index in [0.29, 0.717) is 0 Å². The highest BCUT2D eigenvalue weighted by Crippen LogP contribution is 2.48. The second-order valence-electron chi connectivity index (χ2n) is 16.8. The maximum absolute atomic E-state index is 6.34. The molecule has 0 bridgehead atoms. The van der Waals surface area contributed by atoms with E-state index in [1.165, 1.54) is 82.2 Å². The maximum atomic E-state index is 6.34. The van der Waals surface area contributed by atoms with Gasteiger partial charge in [-0.25, -0.2) is 0 Å². The van der Waals surface area contributed by atoms with Crippen LogP contribution in [0.4, 0.5) is 34.1 Å². The van der Waals surface area contributed by atoms with Gasteiger partial charge in [-0.1, -0.05) is 146 Å². The topological polar surface area (TPSA) is 19.6 Å². The van der Waals surface area contributed by atoms with Gasteiger partial charge in [0.25, 0.3) is 6.71 Å². The van der Waals surface area contributed by atoms with Crippen molar-refractivity contribution < 1.29 is 4.42 Å². The molecule has 0 spiro atoms. The van der Waals surface area contributed by atoms with Crippen molar-refractivity contribution in [2.75, 3.05) is 9.80 Å². The van der Waals surface area contributed by atoms with Crippen molar-refractivity contribution in [1.82, 2.24) is 0 Å². The Kier molecular flexibility index (Phi) is 6.92. The van der Waals surface area contributed by atoms with Gasteiger partial charge in [-0.15, -0.1) is 0 Å². The molecule has 0 radical (unpaired) electrons. The lowest BCUT2D eigenvalue weighted by Crippen LogP contribution is -2.61. The molecule has 11 aromatic carbocycles. The number of furan rings is 1. The Hall–Kier alpha value is -8.08. The molecule has 3 nitrogen and oxygen atoms in total. The summed E-state index contributed by atoms with van der Waals surface area (Å²) in [6, 6.07) is 78.5. The van der Waals surface area contributed by atoms with E-state index in [1.807, 2.05) is 6.07 Å². The Labute approximate surface area is 358 Å². The quantitative estimate of drug-likeness (QED) is 0.131. The Balaban J connectivity index is 1.14. The molecular formula is C58H35BN2O. The number of para-hydroxylation sites is 3. The van der Waals surface area contributed by atoms with Crippen LogP contribution in [0, 0.1) is 0 Å². The van der Waals surface area contributed by atoms with Crippen molar-refractivity contribution in [2.24, 2.45) is 0 Å². The van der Waals surface area contributed by atoms with Gasteiger partial charge in [-0.2, -0.15) is 0 Å². The molecule has 62 heavy (non-hydrogen) atoms. The normalized spacial score (nSPS) is 13.1. The fourth-order valence-electron chi connectivity index (χ4n) is 10.8. The molecule has 0 unspecified atom stereocenters. The molecule has 3 heterocycles. The van der Waals surface area contributed by atoms with Gasteiger partial charge >= 0.3 is 0 Å². The molecule has 2 aliphatic heterocycles. The van der Waals surface area contributed by atoms with Crippen molar-refractivity contribution in [2.45, 2.75) is 0 Å². The number of hydrogen-bond donors (Lipinski definition) is 0. The van der Waals surface area contributed by atoms with Crippen LogP contribution in [0.2, 0.25) is 0 Å². The van der Waals surface area contributed by atoms with Crippen LogP contribution in [0.15, 0.2) is 217 Å². The molecule has 0 N–H and O–H groups in total. The van der Waals surface area contributed by atoms with Crippen molar-refractivity contribution >= 4 is 122 Å². The summed E-state index contributed by atoms with van der Waals surface area (Å²) in [6.45, 7) is -0.0500. The first-order valence-corrected chi connectivity index (χ1v) is 21.4. The summed E-state index contributed by atoms with van der Waals surface area (Å²) in [5.74, 6) is 0. The standard InChI is InChI=1S/C58H35BN2O/c1-3-15-42(16-4-1)60-52-30-39-25-23-36-13-7-9-19-44(36)47(39)34-50(52)59-51-35-48-40(26-24-37-14-8-10-20-45(37)48)31-53(51)61(43-17-5-2-6-18-43)55-33-41(32-54(60)58(55)59)38-27-28-57-49(29-38)46-21-11-12-22-56(46)62-57/h1-35H. The van der Waals surface area contributed by atoms with Crippen LogP contribution < -0.4 is 26.2 Å². The summed E-state index contributed by atoms with van der Waals surface area (Å²) >= 11 is 0. The molecule has 14 rings (SSSR count). The van der Waals surface area contributed by atoms with Crippen LogP contribution in [0.25, 0.3) is 76.2 Å². The first-order chi connectivity index (χ1) is 30.7. The fraction of sp³-hybridized carbons (Fsp3) is 0. The van der Waals surface area contributed by atoms with Crippen molar-refractivity contribution in [3.05, 3.63) is 212 Å². The zero-order valence-electron chi connectivity index (χ0n) is 33.6. The van der Waals surface area contributed by atoms with Crippen molar-refractivity contribution in [3.8, 4) is 11.1 Å². The van der Waals surface area contributed by atoms with Crippen molar-refractivity contribution in [1.29, 1.82) is 0 Å². The highest BCUT2D eigenvalue weighted by molar-refractivity contribution is 7.00. The lowest BCUT2D eigenvalue weighted by Gasteiger charge is -2.44. The van der Waals surface area contributed by atoms with E-state index >= 15 is 0 Å². The summed E-state index contributed by atoms with van der Waals surface area (Å²) in [6.07, 6.45) is 0.